The highest BCUT2D eigenvalue weighted by molar-refractivity contribution is 6.31. The highest BCUT2D eigenvalue weighted by atomic mass is 35.5. The second-order valence-electron chi connectivity index (χ2n) is 14.0. The van der Waals surface area contributed by atoms with E-state index in [9.17, 15) is 19.5 Å². The molecule has 1 aliphatic rings. The van der Waals surface area contributed by atoms with Crippen molar-refractivity contribution in [1.82, 2.24) is 19.4 Å². The van der Waals surface area contributed by atoms with E-state index in [1.165, 1.54) is 6.07 Å². The third-order valence-electron chi connectivity index (χ3n) is 10.6. The number of aromatic amines is 1. The van der Waals surface area contributed by atoms with Gasteiger partial charge in [-0.25, -0.2) is 9.78 Å². The van der Waals surface area contributed by atoms with Gasteiger partial charge in [0.05, 0.1) is 47.3 Å². The number of aromatic carboxylic acids is 1. The molecule has 4 aromatic carbocycles. The molecule has 0 spiro atoms. The summed E-state index contributed by atoms with van der Waals surface area (Å²) < 4.78 is 6.92. The molecule has 6 aromatic rings. The minimum Gasteiger partial charge on any atom is -0.478 e. The molecule has 2 aromatic heterocycles. The maximum atomic E-state index is 14.8. The molecule has 0 bridgehead atoms. The van der Waals surface area contributed by atoms with Crippen molar-refractivity contribution in [1.29, 1.82) is 0 Å². The Morgan fingerprint density at radius 2 is 1.75 bits per heavy atom. The van der Waals surface area contributed by atoms with Crippen molar-refractivity contribution in [2.24, 2.45) is 0 Å². The Kier molecular flexibility index (Phi) is 11.8. The van der Waals surface area contributed by atoms with Crippen LogP contribution in [-0.4, -0.2) is 82.2 Å². The lowest BCUT2D eigenvalue weighted by Crippen LogP contribution is -2.44. The Morgan fingerprint density at radius 3 is 2.46 bits per heavy atom. The third kappa shape index (κ3) is 8.16. The van der Waals surface area contributed by atoms with Crippen LogP contribution < -0.4 is 10.2 Å². The first-order valence-corrected chi connectivity index (χ1v) is 19.3. The van der Waals surface area contributed by atoms with Gasteiger partial charge >= 0.3 is 5.97 Å². The lowest BCUT2D eigenvalue weighted by molar-refractivity contribution is -0.128. The number of piperidine rings is 1. The molecule has 1 unspecified atom stereocenters. The number of carbonyl (C=O) groups excluding carboxylic acids is 2. The largest absolute Gasteiger partial charge is 0.478 e. The molecule has 13 heteroatoms. The number of ether oxygens (including phenoxy) is 1. The number of hydrogen-bond acceptors (Lipinski definition) is 7. The first kappa shape index (κ1) is 38.6. The molecule has 0 aliphatic carbocycles. The Labute approximate surface area is 334 Å². The van der Waals surface area contributed by atoms with Crippen LogP contribution in [-0.2, 0) is 9.53 Å². The molecule has 1 saturated heterocycles. The number of hydrogen-bond donors (Lipinski definition) is 3. The lowest BCUT2D eigenvalue weighted by Gasteiger charge is -2.38. The molecule has 1 aliphatic heterocycles. The molecule has 11 nitrogen and oxygen atoms in total. The van der Waals surface area contributed by atoms with Crippen LogP contribution in [0.1, 0.15) is 58.6 Å². The molecule has 1 atom stereocenters. The zero-order valence-electron chi connectivity index (χ0n) is 31.0. The van der Waals surface area contributed by atoms with Crippen LogP contribution in [0.25, 0.3) is 33.4 Å². The molecule has 56 heavy (non-hydrogen) atoms. The number of anilines is 2. The summed E-state index contributed by atoms with van der Waals surface area (Å²) in [6, 6.07) is 27.9. The van der Waals surface area contributed by atoms with Crippen molar-refractivity contribution in [2.75, 3.05) is 43.5 Å². The third-order valence-corrected chi connectivity index (χ3v) is 11.1. The maximum Gasteiger partial charge on any atom is 0.335 e. The number of aromatic nitrogens is 3. The standard InChI is InChI=1S/C43H42Cl2N6O5/c1-27(28-9-12-31(44)13-10-28)51-25-46-39(29-7-4-3-5-8-29)41(51)38-34-15-14-32(45)24-35(34)47-40(38)42(53)48-36-23-30(43(54)55)11-16-37(36)50-20-17-33(18-21-50)49(2)19-6-22-56-26-52/h3-5,7-16,23-27,33,47H,6,17-22H2,1-2H3,(H,48,53)(H,54,55). The van der Waals surface area contributed by atoms with Gasteiger partial charge in [0, 0.05) is 57.8 Å². The second-order valence-corrected chi connectivity index (χ2v) is 14.9. The van der Waals surface area contributed by atoms with Crippen LogP contribution in [0, 0.1) is 0 Å². The summed E-state index contributed by atoms with van der Waals surface area (Å²) in [6.07, 6.45) is 4.27. The van der Waals surface area contributed by atoms with E-state index >= 15 is 0 Å². The summed E-state index contributed by atoms with van der Waals surface area (Å²) in [5, 5.41) is 15.0. The van der Waals surface area contributed by atoms with Gasteiger partial charge < -0.3 is 34.5 Å². The van der Waals surface area contributed by atoms with Gasteiger partial charge in [0.25, 0.3) is 12.4 Å². The average Bonchev–Trinajstić information content (AvgIpc) is 3.81. The molecule has 1 amide bonds. The zero-order valence-corrected chi connectivity index (χ0v) is 32.6. The van der Waals surface area contributed by atoms with Crippen LogP contribution in [0.4, 0.5) is 11.4 Å². The SMILES string of the molecule is CC(c1ccc(Cl)cc1)n1cnc(-c2ccccc2)c1-c1c(C(=O)Nc2cc(C(=O)O)ccc2N2CCC(N(C)CCCOC=O)CC2)[nH]c2cc(Cl)ccc12. The Morgan fingerprint density at radius 1 is 1.02 bits per heavy atom. The van der Waals surface area contributed by atoms with Crippen LogP contribution >= 0.6 is 23.2 Å². The van der Waals surface area contributed by atoms with Gasteiger partial charge in [-0.3, -0.25) is 9.59 Å². The summed E-state index contributed by atoms with van der Waals surface area (Å²) in [4.78, 5) is 50.3. The van der Waals surface area contributed by atoms with Crippen molar-refractivity contribution >= 4 is 63.8 Å². The van der Waals surface area contributed by atoms with E-state index in [1.807, 2.05) is 60.7 Å². The summed E-state index contributed by atoms with van der Waals surface area (Å²) in [5.41, 5.74) is 6.03. The number of H-pyrrole nitrogens is 1. The molecular formula is C43H42Cl2N6O5. The number of carboxylic acids is 1. The number of benzene rings is 4. The van der Waals surface area contributed by atoms with Crippen molar-refractivity contribution in [3.63, 3.8) is 0 Å². The van der Waals surface area contributed by atoms with E-state index in [-0.39, 0.29) is 17.3 Å². The predicted molar refractivity (Wildman–Crippen MR) is 221 cm³/mol. The number of carboxylic acid groups (broad SMARTS) is 1. The smallest absolute Gasteiger partial charge is 0.335 e. The van der Waals surface area contributed by atoms with E-state index in [0.717, 1.165) is 53.7 Å². The minimum atomic E-state index is -1.10. The minimum absolute atomic E-state index is 0.0566. The highest BCUT2D eigenvalue weighted by Gasteiger charge is 2.30. The molecule has 0 saturated carbocycles. The van der Waals surface area contributed by atoms with Gasteiger partial charge in [0.15, 0.2) is 0 Å². The molecule has 1 fully saturated rings. The predicted octanol–water partition coefficient (Wildman–Crippen LogP) is 9.03. The van der Waals surface area contributed by atoms with Crippen LogP contribution in [0.5, 0.6) is 0 Å². The van der Waals surface area contributed by atoms with Gasteiger partial charge in [-0.1, -0.05) is 71.7 Å². The van der Waals surface area contributed by atoms with E-state index < -0.39 is 11.9 Å². The van der Waals surface area contributed by atoms with Crippen molar-refractivity contribution in [3.8, 4) is 22.5 Å². The number of nitrogens with zero attached hydrogens (tertiary/aromatic N) is 4. The van der Waals surface area contributed by atoms with E-state index in [2.05, 4.69) is 38.6 Å². The first-order chi connectivity index (χ1) is 27.1. The van der Waals surface area contributed by atoms with Crippen molar-refractivity contribution in [3.05, 3.63) is 124 Å². The summed E-state index contributed by atoms with van der Waals surface area (Å²) in [6.45, 7) is 5.13. The highest BCUT2D eigenvalue weighted by Crippen LogP contribution is 2.42. The van der Waals surface area contributed by atoms with Crippen LogP contribution in [0.2, 0.25) is 10.0 Å². The van der Waals surface area contributed by atoms with E-state index in [4.69, 9.17) is 32.9 Å². The number of carbonyl (C=O) groups is 3. The zero-order chi connectivity index (χ0) is 39.3. The topological polar surface area (TPSA) is 133 Å². The van der Waals surface area contributed by atoms with E-state index in [0.29, 0.717) is 64.7 Å². The maximum absolute atomic E-state index is 14.8. The van der Waals surface area contributed by atoms with Gasteiger partial charge in [0.2, 0.25) is 0 Å². The second kappa shape index (κ2) is 17.0. The van der Waals surface area contributed by atoms with Gasteiger partial charge in [0.1, 0.15) is 5.69 Å². The number of rotatable bonds is 14. The van der Waals surface area contributed by atoms with Gasteiger partial charge in [-0.2, -0.15) is 0 Å². The van der Waals surface area contributed by atoms with Gasteiger partial charge in [-0.15, -0.1) is 0 Å². The fourth-order valence-corrected chi connectivity index (χ4v) is 7.90. The Bertz CT molecular complexity index is 2350. The summed E-state index contributed by atoms with van der Waals surface area (Å²) in [7, 11) is 2.07. The molecule has 288 valence electrons. The van der Waals surface area contributed by atoms with Gasteiger partial charge in [-0.05, 0) is 81.3 Å². The first-order valence-electron chi connectivity index (χ1n) is 18.5. The van der Waals surface area contributed by atoms with Crippen LogP contribution in [0.15, 0.2) is 97.3 Å². The average molecular weight is 794 g/mol. The number of amides is 1. The van der Waals surface area contributed by atoms with Crippen LogP contribution in [0.3, 0.4) is 0 Å². The number of nitrogens with one attached hydrogen (secondary N) is 2. The molecule has 0 radical (unpaired) electrons. The normalized spacial score (nSPS) is 13.9. The summed E-state index contributed by atoms with van der Waals surface area (Å²) >= 11 is 12.8. The van der Waals surface area contributed by atoms with E-state index in [1.54, 1.807) is 30.6 Å². The molecular weight excluding hydrogens is 751 g/mol. The number of halogens is 2. The Hall–Kier alpha value is -5.62. The monoisotopic (exact) mass is 792 g/mol. The quantitative estimate of drug-likeness (QED) is 0.0736. The van der Waals surface area contributed by atoms with Crippen molar-refractivity contribution in [2.45, 2.75) is 38.3 Å². The van der Waals surface area contributed by atoms with Crippen molar-refractivity contribution < 1.29 is 24.2 Å². The summed E-state index contributed by atoms with van der Waals surface area (Å²) in [5.74, 6) is -1.55. The number of imidazole rings is 1. The fourth-order valence-electron chi connectivity index (χ4n) is 7.60. The molecule has 3 heterocycles. The molecule has 3 N–H and O–H groups in total. The molecule has 7 rings (SSSR count). The Balaban J connectivity index is 1.28. The number of fused-ring (bicyclic) bond motifs is 1. The fraction of sp³-hybridized carbons (Fsp3) is 0.256. The lowest BCUT2D eigenvalue weighted by atomic mass is 9.99.